The van der Waals surface area contributed by atoms with E-state index in [1.165, 1.54) is 5.57 Å². The van der Waals surface area contributed by atoms with Gasteiger partial charge in [-0.05, 0) is 75.7 Å². The SMILES string of the molecule is CC1=CC2(CCN(C(=O)OC(C)(C)C)CC2)Oc2ccc(O[Si](C)(C)C(C)(C)C)cc21. The highest BCUT2D eigenvalue weighted by molar-refractivity contribution is 6.74. The van der Waals surface area contributed by atoms with E-state index in [0.717, 1.165) is 29.9 Å². The summed E-state index contributed by atoms with van der Waals surface area (Å²) < 4.78 is 18.5. The van der Waals surface area contributed by atoms with Crippen molar-refractivity contribution in [1.29, 1.82) is 0 Å². The minimum atomic E-state index is -1.90. The van der Waals surface area contributed by atoms with Crippen LogP contribution < -0.4 is 9.16 Å². The number of carbonyl (C=O) groups excluding carboxylic acids is 1. The number of hydrogen-bond acceptors (Lipinski definition) is 4. The van der Waals surface area contributed by atoms with E-state index in [1.807, 2.05) is 32.9 Å². The summed E-state index contributed by atoms with van der Waals surface area (Å²) in [6.07, 6.45) is 3.50. The number of piperidine rings is 1. The molecule has 0 atom stereocenters. The van der Waals surface area contributed by atoms with E-state index in [-0.39, 0.29) is 16.7 Å². The van der Waals surface area contributed by atoms with Crippen molar-refractivity contribution in [3.8, 4) is 11.5 Å². The van der Waals surface area contributed by atoms with Crippen LogP contribution in [0.5, 0.6) is 11.5 Å². The molecule has 2 aliphatic rings. The first-order valence-electron chi connectivity index (χ1n) is 11.3. The summed E-state index contributed by atoms with van der Waals surface area (Å²) >= 11 is 0. The van der Waals surface area contributed by atoms with Crippen molar-refractivity contribution in [3.05, 3.63) is 29.8 Å². The maximum absolute atomic E-state index is 12.4. The summed E-state index contributed by atoms with van der Waals surface area (Å²) in [5, 5.41) is 0.149. The Bertz CT molecular complexity index is 868. The van der Waals surface area contributed by atoms with E-state index in [1.54, 1.807) is 4.90 Å². The van der Waals surface area contributed by atoms with Crippen molar-refractivity contribution in [2.75, 3.05) is 13.1 Å². The van der Waals surface area contributed by atoms with E-state index >= 15 is 0 Å². The van der Waals surface area contributed by atoms with Crippen molar-refractivity contribution in [2.45, 2.75) is 90.6 Å². The second-order valence-corrected chi connectivity index (χ2v) is 16.2. The van der Waals surface area contributed by atoms with Crippen LogP contribution in [0.25, 0.3) is 5.57 Å². The zero-order chi connectivity index (χ0) is 23.2. The second-order valence-electron chi connectivity index (χ2n) is 11.5. The van der Waals surface area contributed by atoms with E-state index in [0.29, 0.717) is 13.1 Å². The lowest BCUT2D eigenvalue weighted by Gasteiger charge is -2.43. The zero-order valence-corrected chi connectivity index (χ0v) is 21.7. The lowest BCUT2D eigenvalue weighted by molar-refractivity contribution is -0.00120. The van der Waals surface area contributed by atoms with Gasteiger partial charge in [-0.15, -0.1) is 0 Å². The Balaban J connectivity index is 1.73. The molecule has 0 bridgehead atoms. The lowest BCUT2D eigenvalue weighted by atomic mass is 9.85. The van der Waals surface area contributed by atoms with Gasteiger partial charge in [-0.2, -0.15) is 0 Å². The fourth-order valence-electron chi connectivity index (χ4n) is 3.78. The van der Waals surface area contributed by atoms with Gasteiger partial charge in [0, 0.05) is 31.5 Å². The molecule has 0 radical (unpaired) electrons. The minimum Gasteiger partial charge on any atom is -0.543 e. The smallest absolute Gasteiger partial charge is 0.410 e. The quantitative estimate of drug-likeness (QED) is 0.479. The third kappa shape index (κ3) is 5.28. The third-order valence-electron chi connectivity index (χ3n) is 6.61. The van der Waals surface area contributed by atoms with Crippen LogP contribution in [0, 0.1) is 0 Å². The van der Waals surface area contributed by atoms with Gasteiger partial charge in [0.2, 0.25) is 8.32 Å². The standard InChI is InChI=1S/C25H39NO4Si/c1-18-17-25(12-14-26(15-13-25)22(27)29-23(2,3)4)28-21-11-10-19(16-20(18)21)30-31(8,9)24(5,6)7/h10-11,16-17H,12-15H2,1-9H3. The molecule has 0 unspecified atom stereocenters. The van der Waals surface area contributed by atoms with Crippen molar-refractivity contribution in [3.63, 3.8) is 0 Å². The molecule has 1 amide bonds. The number of rotatable bonds is 2. The van der Waals surface area contributed by atoms with Gasteiger partial charge in [-0.1, -0.05) is 20.8 Å². The first kappa shape index (κ1) is 23.7. The Kier molecular flexibility index (Phi) is 6.02. The second kappa shape index (κ2) is 7.87. The fourth-order valence-corrected chi connectivity index (χ4v) is 4.80. The van der Waals surface area contributed by atoms with Gasteiger partial charge in [0.1, 0.15) is 22.7 Å². The molecule has 5 nitrogen and oxygen atoms in total. The van der Waals surface area contributed by atoms with Crippen LogP contribution in [-0.2, 0) is 4.74 Å². The predicted molar refractivity (Wildman–Crippen MR) is 128 cm³/mol. The van der Waals surface area contributed by atoms with Gasteiger partial charge < -0.3 is 18.8 Å². The number of fused-ring (bicyclic) bond motifs is 1. The largest absolute Gasteiger partial charge is 0.543 e. The molecule has 1 fully saturated rings. The molecule has 1 saturated heterocycles. The van der Waals surface area contributed by atoms with Gasteiger partial charge >= 0.3 is 6.09 Å². The van der Waals surface area contributed by atoms with Crippen molar-refractivity contribution in [1.82, 2.24) is 4.90 Å². The Hall–Kier alpha value is -1.95. The Morgan fingerprint density at radius 3 is 2.26 bits per heavy atom. The molecule has 6 heteroatoms. The van der Waals surface area contributed by atoms with Gasteiger partial charge in [-0.3, -0.25) is 0 Å². The van der Waals surface area contributed by atoms with E-state index in [9.17, 15) is 4.79 Å². The molecule has 1 spiro atoms. The van der Waals surface area contributed by atoms with Crippen molar-refractivity contribution < 1.29 is 18.7 Å². The number of likely N-dealkylation sites (tertiary alicyclic amines) is 1. The number of carbonyl (C=O) groups is 1. The fraction of sp³-hybridized carbons (Fsp3) is 0.640. The summed E-state index contributed by atoms with van der Waals surface area (Å²) in [5.41, 5.74) is 1.45. The lowest BCUT2D eigenvalue weighted by Crippen LogP contribution is -2.50. The normalized spacial score (nSPS) is 18.7. The summed E-state index contributed by atoms with van der Waals surface area (Å²) in [6.45, 7) is 20.3. The van der Waals surface area contributed by atoms with Crippen LogP contribution in [0.2, 0.25) is 18.1 Å². The Labute approximate surface area is 188 Å². The molecule has 0 saturated carbocycles. The van der Waals surface area contributed by atoms with E-state index in [4.69, 9.17) is 13.9 Å². The summed E-state index contributed by atoms with van der Waals surface area (Å²) in [4.78, 5) is 14.2. The van der Waals surface area contributed by atoms with Crippen LogP contribution in [-0.4, -0.2) is 43.6 Å². The molecule has 0 aliphatic carbocycles. The molecule has 0 N–H and O–H groups in total. The first-order chi connectivity index (χ1) is 14.1. The molecule has 1 aromatic rings. The Morgan fingerprint density at radius 2 is 1.71 bits per heavy atom. The van der Waals surface area contributed by atoms with E-state index in [2.05, 4.69) is 52.9 Å². The topological polar surface area (TPSA) is 48.0 Å². The van der Waals surface area contributed by atoms with Crippen molar-refractivity contribution in [2.24, 2.45) is 0 Å². The summed E-state index contributed by atoms with van der Waals surface area (Å²) in [6, 6.07) is 6.18. The highest BCUT2D eigenvalue weighted by atomic mass is 28.4. The van der Waals surface area contributed by atoms with Gasteiger partial charge in [0.25, 0.3) is 0 Å². The number of nitrogens with zero attached hydrogens (tertiary/aromatic N) is 1. The predicted octanol–water partition coefficient (Wildman–Crippen LogP) is 6.64. The van der Waals surface area contributed by atoms with E-state index < -0.39 is 13.9 Å². The molecule has 0 aromatic heterocycles. The zero-order valence-electron chi connectivity index (χ0n) is 20.7. The number of allylic oxidation sites excluding steroid dienone is 1. The molecular weight excluding hydrogens is 406 g/mol. The molecule has 1 aromatic carbocycles. The van der Waals surface area contributed by atoms with Gasteiger partial charge in [-0.25, -0.2) is 4.79 Å². The molecule has 172 valence electrons. The van der Waals surface area contributed by atoms with Gasteiger partial charge in [0.15, 0.2) is 0 Å². The highest BCUT2D eigenvalue weighted by Crippen LogP contribution is 2.43. The number of benzene rings is 1. The third-order valence-corrected chi connectivity index (χ3v) is 11.0. The number of amides is 1. The molecule has 3 rings (SSSR count). The molecular formula is C25H39NO4Si. The summed E-state index contributed by atoms with van der Waals surface area (Å²) in [5.74, 6) is 1.81. The average Bonchev–Trinajstić information content (AvgIpc) is 2.60. The molecule has 2 aliphatic heterocycles. The first-order valence-corrected chi connectivity index (χ1v) is 14.2. The highest BCUT2D eigenvalue weighted by Gasteiger charge is 2.41. The van der Waals surface area contributed by atoms with Crippen LogP contribution >= 0.6 is 0 Å². The molecule has 2 heterocycles. The van der Waals surface area contributed by atoms with Crippen LogP contribution in [0.4, 0.5) is 4.79 Å². The summed E-state index contributed by atoms with van der Waals surface area (Å²) in [7, 11) is -1.90. The number of hydrogen-bond donors (Lipinski definition) is 0. The Morgan fingerprint density at radius 1 is 1.10 bits per heavy atom. The van der Waals surface area contributed by atoms with Crippen LogP contribution in [0.1, 0.15) is 66.9 Å². The minimum absolute atomic E-state index is 0.149. The van der Waals surface area contributed by atoms with Crippen molar-refractivity contribution >= 4 is 20.0 Å². The molecule has 31 heavy (non-hydrogen) atoms. The average molecular weight is 446 g/mol. The monoisotopic (exact) mass is 445 g/mol. The number of ether oxygens (including phenoxy) is 2. The van der Waals surface area contributed by atoms with Crippen LogP contribution in [0.15, 0.2) is 24.3 Å². The van der Waals surface area contributed by atoms with Gasteiger partial charge in [0.05, 0.1) is 0 Å². The van der Waals surface area contributed by atoms with Crippen LogP contribution in [0.3, 0.4) is 0 Å². The maximum Gasteiger partial charge on any atom is 0.410 e. The maximum atomic E-state index is 12.4.